The van der Waals surface area contributed by atoms with Crippen molar-refractivity contribution in [3.05, 3.63) is 53.3 Å². The minimum atomic E-state index is -0.00470. The van der Waals surface area contributed by atoms with Crippen molar-refractivity contribution < 1.29 is 9.59 Å². The predicted molar refractivity (Wildman–Crippen MR) is 119 cm³/mol. The van der Waals surface area contributed by atoms with E-state index in [0.29, 0.717) is 55.8 Å². The monoisotopic (exact) mass is 442 g/mol. The van der Waals surface area contributed by atoms with Crippen LogP contribution in [0.2, 0.25) is 5.02 Å². The van der Waals surface area contributed by atoms with Crippen LogP contribution in [-0.4, -0.2) is 95.4 Å². The lowest BCUT2D eigenvalue weighted by atomic mass is 10.2. The standard InChI is InChI=1S/C22H27ClN6O2/c23-19-5-1-4-18(16-19)21(31)28-9-3-8-26(10-11-28)17-20(30)27-12-14-29(15-13-27)22-24-6-2-7-25-22/h1-2,4-7,16H,3,8-15,17H2. The molecule has 8 nitrogen and oxygen atoms in total. The van der Waals surface area contributed by atoms with Crippen molar-refractivity contribution in [2.75, 3.05) is 63.8 Å². The Bertz CT molecular complexity index is 904. The van der Waals surface area contributed by atoms with E-state index in [2.05, 4.69) is 19.8 Å². The molecule has 2 aliphatic rings. The van der Waals surface area contributed by atoms with E-state index < -0.39 is 0 Å². The fraction of sp³-hybridized carbons (Fsp3) is 0.455. The highest BCUT2D eigenvalue weighted by Crippen LogP contribution is 2.15. The molecule has 164 valence electrons. The molecule has 0 spiro atoms. The lowest BCUT2D eigenvalue weighted by Gasteiger charge is -2.35. The molecule has 0 bridgehead atoms. The van der Waals surface area contributed by atoms with Gasteiger partial charge in [0.1, 0.15) is 0 Å². The second-order valence-corrected chi connectivity index (χ2v) is 8.29. The van der Waals surface area contributed by atoms with Crippen molar-refractivity contribution in [3.63, 3.8) is 0 Å². The van der Waals surface area contributed by atoms with Crippen LogP contribution in [0, 0.1) is 0 Å². The molecule has 9 heteroatoms. The summed E-state index contributed by atoms with van der Waals surface area (Å²) >= 11 is 6.03. The SMILES string of the molecule is O=C(CN1CCCN(C(=O)c2cccc(Cl)c2)CC1)N1CCN(c2ncccn2)CC1. The first-order chi connectivity index (χ1) is 15.1. The third-order valence-corrected chi connectivity index (χ3v) is 6.01. The lowest BCUT2D eigenvalue weighted by molar-refractivity contribution is -0.132. The van der Waals surface area contributed by atoms with Gasteiger partial charge in [-0.05, 0) is 30.7 Å². The number of aromatic nitrogens is 2. The summed E-state index contributed by atoms with van der Waals surface area (Å²) < 4.78 is 0. The molecule has 3 heterocycles. The molecule has 4 rings (SSSR count). The molecule has 0 N–H and O–H groups in total. The van der Waals surface area contributed by atoms with Gasteiger partial charge in [-0.3, -0.25) is 14.5 Å². The number of amides is 2. The fourth-order valence-corrected chi connectivity index (χ4v) is 4.23. The molecule has 0 saturated carbocycles. The highest BCUT2D eigenvalue weighted by molar-refractivity contribution is 6.30. The molecule has 1 aromatic heterocycles. The summed E-state index contributed by atoms with van der Waals surface area (Å²) in [4.78, 5) is 42.2. The van der Waals surface area contributed by atoms with Gasteiger partial charge in [-0.2, -0.15) is 0 Å². The van der Waals surface area contributed by atoms with Gasteiger partial charge in [0.25, 0.3) is 5.91 Å². The molecule has 2 aromatic rings. The van der Waals surface area contributed by atoms with Gasteiger partial charge in [0.15, 0.2) is 0 Å². The maximum absolute atomic E-state index is 12.8. The van der Waals surface area contributed by atoms with E-state index in [-0.39, 0.29) is 11.8 Å². The third-order valence-electron chi connectivity index (χ3n) is 5.77. The summed E-state index contributed by atoms with van der Waals surface area (Å²) in [5.74, 6) is 0.852. The largest absolute Gasteiger partial charge is 0.338 e. The summed E-state index contributed by atoms with van der Waals surface area (Å²) in [6.45, 7) is 5.99. The molecule has 2 fully saturated rings. The summed E-state index contributed by atoms with van der Waals surface area (Å²) in [7, 11) is 0. The fourth-order valence-electron chi connectivity index (χ4n) is 4.04. The van der Waals surface area contributed by atoms with Gasteiger partial charge in [-0.25, -0.2) is 9.97 Å². The van der Waals surface area contributed by atoms with E-state index in [1.165, 1.54) is 0 Å². The minimum absolute atomic E-state index is 0.00470. The average molecular weight is 443 g/mol. The molecule has 1 aromatic carbocycles. The van der Waals surface area contributed by atoms with Gasteiger partial charge in [0, 0.05) is 75.3 Å². The Kier molecular flexibility index (Phi) is 6.99. The van der Waals surface area contributed by atoms with Crippen LogP contribution in [0.3, 0.4) is 0 Å². The topological polar surface area (TPSA) is 72.9 Å². The number of nitrogens with zero attached hydrogens (tertiary/aromatic N) is 6. The maximum atomic E-state index is 12.8. The zero-order valence-electron chi connectivity index (χ0n) is 17.5. The number of anilines is 1. The third kappa shape index (κ3) is 5.51. The van der Waals surface area contributed by atoms with Crippen LogP contribution >= 0.6 is 11.6 Å². The Morgan fingerprint density at radius 3 is 2.35 bits per heavy atom. The van der Waals surface area contributed by atoms with Crippen LogP contribution in [-0.2, 0) is 4.79 Å². The molecule has 2 aliphatic heterocycles. The van der Waals surface area contributed by atoms with E-state index >= 15 is 0 Å². The Morgan fingerprint density at radius 2 is 1.61 bits per heavy atom. The molecule has 0 aliphatic carbocycles. The van der Waals surface area contributed by atoms with Gasteiger partial charge < -0.3 is 14.7 Å². The number of carbonyl (C=O) groups excluding carboxylic acids is 2. The Morgan fingerprint density at radius 1 is 0.871 bits per heavy atom. The van der Waals surface area contributed by atoms with E-state index in [9.17, 15) is 9.59 Å². The number of hydrogen-bond acceptors (Lipinski definition) is 6. The molecule has 0 unspecified atom stereocenters. The second-order valence-electron chi connectivity index (χ2n) is 7.85. The van der Waals surface area contributed by atoms with Gasteiger partial charge in [-0.15, -0.1) is 0 Å². The first-order valence-corrected chi connectivity index (χ1v) is 11.0. The number of halogens is 1. The van der Waals surface area contributed by atoms with Crippen molar-refractivity contribution in [2.45, 2.75) is 6.42 Å². The summed E-state index contributed by atoms with van der Waals surface area (Å²) in [5, 5.41) is 0.562. The minimum Gasteiger partial charge on any atom is -0.338 e. The first-order valence-electron chi connectivity index (χ1n) is 10.7. The van der Waals surface area contributed by atoms with E-state index in [0.717, 1.165) is 26.1 Å². The first kappa shape index (κ1) is 21.5. The molecule has 2 amide bonds. The Labute approximate surface area is 187 Å². The molecule has 0 radical (unpaired) electrons. The average Bonchev–Trinajstić information content (AvgIpc) is 3.05. The number of rotatable bonds is 4. The van der Waals surface area contributed by atoms with Gasteiger partial charge in [0.2, 0.25) is 11.9 Å². The number of piperazine rings is 1. The van der Waals surface area contributed by atoms with Crippen molar-refractivity contribution in [1.82, 2.24) is 24.7 Å². The second kappa shape index (κ2) is 10.1. The van der Waals surface area contributed by atoms with Crippen molar-refractivity contribution in [2.24, 2.45) is 0 Å². The number of benzene rings is 1. The highest BCUT2D eigenvalue weighted by atomic mass is 35.5. The van der Waals surface area contributed by atoms with Crippen LogP contribution in [0.1, 0.15) is 16.8 Å². The summed E-state index contributed by atoms with van der Waals surface area (Å²) in [5.41, 5.74) is 0.609. The molecular formula is C22H27ClN6O2. The predicted octanol–water partition coefficient (Wildman–Crippen LogP) is 1.63. The van der Waals surface area contributed by atoms with E-state index in [4.69, 9.17) is 11.6 Å². The molecule has 0 atom stereocenters. The number of hydrogen-bond donors (Lipinski definition) is 0. The zero-order chi connectivity index (χ0) is 21.6. The maximum Gasteiger partial charge on any atom is 0.253 e. The highest BCUT2D eigenvalue weighted by Gasteiger charge is 2.26. The zero-order valence-corrected chi connectivity index (χ0v) is 18.2. The summed E-state index contributed by atoms with van der Waals surface area (Å²) in [6.07, 6.45) is 4.32. The normalized spacial score (nSPS) is 18.0. The lowest BCUT2D eigenvalue weighted by Crippen LogP contribution is -2.52. The molecular weight excluding hydrogens is 416 g/mol. The van der Waals surface area contributed by atoms with E-state index in [1.807, 2.05) is 9.80 Å². The van der Waals surface area contributed by atoms with Gasteiger partial charge >= 0.3 is 0 Å². The van der Waals surface area contributed by atoms with Crippen LogP contribution < -0.4 is 4.90 Å². The van der Waals surface area contributed by atoms with Crippen molar-refractivity contribution in [1.29, 1.82) is 0 Å². The van der Waals surface area contributed by atoms with E-state index in [1.54, 1.807) is 42.7 Å². The number of carbonyl (C=O) groups is 2. The molecule has 31 heavy (non-hydrogen) atoms. The van der Waals surface area contributed by atoms with Gasteiger partial charge in [0.05, 0.1) is 6.54 Å². The quantitative estimate of drug-likeness (QED) is 0.716. The van der Waals surface area contributed by atoms with Crippen LogP contribution in [0.25, 0.3) is 0 Å². The van der Waals surface area contributed by atoms with Crippen LogP contribution in [0.5, 0.6) is 0 Å². The van der Waals surface area contributed by atoms with Gasteiger partial charge in [-0.1, -0.05) is 17.7 Å². The Balaban J connectivity index is 1.26. The smallest absolute Gasteiger partial charge is 0.253 e. The summed E-state index contributed by atoms with van der Waals surface area (Å²) in [6, 6.07) is 8.85. The van der Waals surface area contributed by atoms with Crippen LogP contribution in [0.15, 0.2) is 42.7 Å². The van der Waals surface area contributed by atoms with Crippen molar-refractivity contribution >= 4 is 29.4 Å². The van der Waals surface area contributed by atoms with Crippen LogP contribution in [0.4, 0.5) is 5.95 Å². The van der Waals surface area contributed by atoms with Crippen molar-refractivity contribution in [3.8, 4) is 0 Å². The Hall–Kier alpha value is -2.71. The molecule has 2 saturated heterocycles.